The predicted octanol–water partition coefficient (Wildman–Crippen LogP) is 6.03. The van der Waals surface area contributed by atoms with E-state index in [2.05, 4.69) is 9.98 Å². The van der Waals surface area contributed by atoms with E-state index in [0.29, 0.717) is 24.8 Å². The first-order valence-corrected chi connectivity index (χ1v) is 9.97. The molecule has 1 aromatic heterocycles. The highest BCUT2D eigenvalue weighted by molar-refractivity contribution is 7.80. The second kappa shape index (κ2) is 7.58. The standard InChI is InChI=1S/C15H10Cl2N4S3/c16-9-3-1-5-11(7-9)19-13(18)21(14-20-15(22)24-23-14)12-6-2-4-10(17)8-12/h1-8H,(H2,18,19). The molecule has 2 N–H and O–H groups in total. The Hall–Kier alpha value is -1.51. The maximum atomic E-state index is 6.25. The molecular weight excluding hydrogens is 403 g/mol. The highest BCUT2D eigenvalue weighted by atomic mass is 35.5. The quantitative estimate of drug-likeness (QED) is 0.247. The Morgan fingerprint density at radius 3 is 2.42 bits per heavy atom. The summed E-state index contributed by atoms with van der Waals surface area (Å²) < 4.78 is 0.539. The van der Waals surface area contributed by atoms with Gasteiger partial charge in [0.05, 0.1) is 11.4 Å². The second-order valence-corrected chi connectivity index (χ2v) is 8.20. The summed E-state index contributed by atoms with van der Waals surface area (Å²) in [5.74, 6) is 0.246. The molecule has 0 spiro atoms. The molecule has 0 atom stereocenters. The first kappa shape index (κ1) is 17.3. The molecular formula is C15H10Cl2N4S3. The van der Waals surface area contributed by atoms with Crippen molar-refractivity contribution in [2.24, 2.45) is 10.7 Å². The first-order chi connectivity index (χ1) is 11.5. The van der Waals surface area contributed by atoms with Gasteiger partial charge in [-0.2, -0.15) is 4.98 Å². The van der Waals surface area contributed by atoms with Gasteiger partial charge in [0.15, 0.2) is 3.95 Å². The van der Waals surface area contributed by atoms with Crippen LogP contribution in [0.15, 0.2) is 53.5 Å². The average molecular weight is 413 g/mol. The lowest BCUT2D eigenvalue weighted by Crippen LogP contribution is -2.33. The summed E-state index contributed by atoms with van der Waals surface area (Å²) in [6, 6.07) is 14.4. The summed E-state index contributed by atoms with van der Waals surface area (Å²) >= 11 is 17.2. The zero-order valence-corrected chi connectivity index (χ0v) is 16.0. The molecule has 2 aromatic carbocycles. The smallest absolute Gasteiger partial charge is 0.209 e. The fourth-order valence-electron chi connectivity index (χ4n) is 1.96. The molecule has 0 fully saturated rings. The van der Waals surface area contributed by atoms with E-state index in [1.807, 2.05) is 24.3 Å². The zero-order chi connectivity index (χ0) is 17.1. The van der Waals surface area contributed by atoms with Gasteiger partial charge in [-0.25, -0.2) is 4.99 Å². The monoisotopic (exact) mass is 412 g/mol. The number of benzene rings is 2. The van der Waals surface area contributed by atoms with Gasteiger partial charge in [-0.05, 0) is 69.3 Å². The van der Waals surface area contributed by atoms with E-state index in [1.165, 1.54) is 20.7 Å². The molecule has 4 nitrogen and oxygen atoms in total. The Morgan fingerprint density at radius 1 is 1.08 bits per heavy atom. The zero-order valence-electron chi connectivity index (χ0n) is 12.0. The summed E-state index contributed by atoms with van der Waals surface area (Å²) in [6.07, 6.45) is 0. The van der Waals surface area contributed by atoms with Gasteiger partial charge in [0.1, 0.15) is 0 Å². The van der Waals surface area contributed by atoms with Gasteiger partial charge < -0.3 is 5.73 Å². The molecule has 0 unspecified atom stereocenters. The summed E-state index contributed by atoms with van der Waals surface area (Å²) in [5.41, 5.74) is 7.65. The van der Waals surface area contributed by atoms with Crippen molar-refractivity contribution in [2.75, 3.05) is 4.90 Å². The van der Waals surface area contributed by atoms with E-state index in [-0.39, 0.29) is 5.96 Å². The fraction of sp³-hybridized carbons (Fsp3) is 0. The Bertz CT molecular complexity index is 951. The maximum absolute atomic E-state index is 6.25. The SMILES string of the molecule is NC(=Nc1cccc(Cl)c1)N(c1cccc(Cl)c1)c1nc(=S)ss1. The summed E-state index contributed by atoms with van der Waals surface area (Å²) in [6.45, 7) is 0. The van der Waals surface area contributed by atoms with E-state index in [9.17, 15) is 0 Å². The molecule has 0 saturated carbocycles. The number of anilines is 2. The maximum Gasteiger partial charge on any atom is 0.209 e. The Balaban J connectivity index is 2.09. The largest absolute Gasteiger partial charge is 0.369 e. The van der Waals surface area contributed by atoms with Crippen LogP contribution >= 0.6 is 56.1 Å². The Morgan fingerprint density at radius 2 is 1.79 bits per heavy atom. The summed E-state index contributed by atoms with van der Waals surface area (Å²) in [7, 11) is 2.82. The number of nitrogens with zero attached hydrogens (tertiary/aromatic N) is 3. The molecule has 0 aliphatic heterocycles. The van der Waals surface area contributed by atoms with Crippen LogP contribution in [0.5, 0.6) is 0 Å². The minimum Gasteiger partial charge on any atom is -0.369 e. The van der Waals surface area contributed by atoms with Crippen molar-refractivity contribution in [2.45, 2.75) is 0 Å². The van der Waals surface area contributed by atoms with E-state index in [0.717, 1.165) is 5.69 Å². The molecule has 0 radical (unpaired) electrons. The number of hydrogen-bond donors (Lipinski definition) is 1. The third-order valence-corrected chi connectivity index (χ3v) is 5.95. The molecule has 3 rings (SSSR count). The van der Waals surface area contributed by atoms with Crippen molar-refractivity contribution in [3.63, 3.8) is 0 Å². The number of aromatic nitrogens is 1. The number of rotatable bonds is 3. The number of nitrogens with two attached hydrogens (primary N) is 1. The highest BCUT2D eigenvalue weighted by Crippen LogP contribution is 2.32. The minimum absolute atomic E-state index is 0.246. The van der Waals surface area contributed by atoms with Crippen LogP contribution in [0.3, 0.4) is 0 Å². The van der Waals surface area contributed by atoms with Crippen LogP contribution in [0.2, 0.25) is 10.0 Å². The molecule has 0 bridgehead atoms. The van der Waals surface area contributed by atoms with E-state index in [1.54, 1.807) is 29.2 Å². The lowest BCUT2D eigenvalue weighted by molar-refractivity contribution is 1.23. The topological polar surface area (TPSA) is 54.5 Å². The lowest BCUT2D eigenvalue weighted by Gasteiger charge is -2.20. The van der Waals surface area contributed by atoms with Crippen LogP contribution in [-0.2, 0) is 0 Å². The molecule has 0 aliphatic carbocycles. The van der Waals surface area contributed by atoms with Crippen molar-refractivity contribution in [3.05, 3.63) is 62.5 Å². The van der Waals surface area contributed by atoms with Gasteiger partial charge in [0.2, 0.25) is 11.1 Å². The third-order valence-electron chi connectivity index (χ3n) is 2.91. The van der Waals surface area contributed by atoms with E-state index >= 15 is 0 Å². The van der Waals surface area contributed by atoms with Crippen LogP contribution in [0.25, 0.3) is 0 Å². The lowest BCUT2D eigenvalue weighted by atomic mass is 10.3. The van der Waals surface area contributed by atoms with Crippen molar-refractivity contribution in [1.29, 1.82) is 0 Å². The number of aliphatic imine (C=N–C) groups is 1. The van der Waals surface area contributed by atoms with Crippen molar-refractivity contribution in [1.82, 2.24) is 4.98 Å². The third kappa shape index (κ3) is 4.12. The van der Waals surface area contributed by atoms with Gasteiger partial charge in [-0.1, -0.05) is 35.3 Å². The van der Waals surface area contributed by atoms with E-state index < -0.39 is 0 Å². The number of halogens is 2. The van der Waals surface area contributed by atoms with Crippen molar-refractivity contribution in [3.8, 4) is 0 Å². The summed E-state index contributed by atoms with van der Waals surface area (Å²) in [5, 5.41) is 1.81. The molecule has 0 saturated heterocycles. The molecule has 24 heavy (non-hydrogen) atoms. The van der Waals surface area contributed by atoms with Crippen LogP contribution in [0, 0.1) is 3.95 Å². The molecule has 0 amide bonds. The van der Waals surface area contributed by atoms with Gasteiger partial charge in [0.25, 0.3) is 0 Å². The van der Waals surface area contributed by atoms with Gasteiger partial charge in [0, 0.05) is 10.0 Å². The Kier molecular flexibility index (Phi) is 5.47. The summed E-state index contributed by atoms with van der Waals surface area (Å²) in [4.78, 5) is 10.5. The van der Waals surface area contributed by atoms with E-state index in [4.69, 9.17) is 41.2 Å². The number of hydrogen-bond acceptors (Lipinski definition) is 5. The minimum atomic E-state index is 0.246. The van der Waals surface area contributed by atoms with Gasteiger partial charge >= 0.3 is 0 Å². The van der Waals surface area contributed by atoms with Crippen LogP contribution in [0.1, 0.15) is 0 Å². The molecule has 9 heteroatoms. The van der Waals surface area contributed by atoms with Crippen molar-refractivity contribution < 1.29 is 0 Å². The first-order valence-electron chi connectivity index (χ1n) is 6.65. The molecule has 3 aromatic rings. The van der Waals surface area contributed by atoms with Crippen LogP contribution in [0.4, 0.5) is 16.5 Å². The van der Waals surface area contributed by atoms with Crippen LogP contribution in [-0.4, -0.2) is 10.9 Å². The normalized spacial score (nSPS) is 11.5. The predicted molar refractivity (Wildman–Crippen MR) is 107 cm³/mol. The van der Waals surface area contributed by atoms with Crippen LogP contribution < -0.4 is 10.6 Å². The Labute approximate surface area is 161 Å². The second-order valence-electron chi connectivity index (χ2n) is 4.59. The molecule has 1 heterocycles. The number of guanidine groups is 1. The highest BCUT2D eigenvalue weighted by Gasteiger charge is 2.17. The average Bonchev–Trinajstić information content (AvgIpc) is 2.93. The molecule has 0 aliphatic rings. The van der Waals surface area contributed by atoms with Crippen molar-refractivity contribution >= 4 is 78.6 Å². The molecule has 122 valence electrons. The van der Waals surface area contributed by atoms with Gasteiger partial charge in [-0.3, -0.25) is 4.90 Å². The fourth-order valence-corrected chi connectivity index (χ4v) is 4.39. The van der Waals surface area contributed by atoms with Gasteiger partial charge in [-0.15, -0.1) is 0 Å².